The lowest BCUT2D eigenvalue weighted by Gasteiger charge is -2.07. The number of carbonyl (C=O) groups is 2. The van der Waals surface area contributed by atoms with Crippen molar-refractivity contribution >= 4 is 11.8 Å². The van der Waals surface area contributed by atoms with Gasteiger partial charge in [0.2, 0.25) is 11.8 Å². The summed E-state index contributed by atoms with van der Waals surface area (Å²) in [6, 6.07) is 0. The Kier molecular flexibility index (Phi) is 32.5. The van der Waals surface area contributed by atoms with Crippen LogP contribution in [-0.2, 0) is 28.5 Å². The van der Waals surface area contributed by atoms with E-state index in [1.807, 2.05) is 27.7 Å². The summed E-state index contributed by atoms with van der Waals surface area (Å²) >= 11 is 0. The normalized spacial score (nSPS) is 9.31. The van der Waals surface area contributed by atoms with Gasteiger partial charge in [-0.25, -0.2) is 0 Å². The Hall–Kier alpha value is -1.22. The standard InChI is InChI=1S/C14H28N2O6.2C2H6.2H2/c1-13(17)16-4-6-20-8-10-22-12-11-21-9-7-19-5-3-14(18)15-2;2*1-2;;/h3-12H2,1-2H3,(H,15,18)(H,16,17);2*1-2H3;2*1H. The van der Waals surface area contributed by atoms with Gasteiger partial charge in [0.05, 0.1) is 52.9 Å². The first-order valence-corrected chi connectivity index (χ1v) is 9.42. The monoisotopic (exact) mass is 384 g/mol. The zero-order valence-corrected chi connectivity index (χ0v) is 17.5. The second kappa shape index (κ2) is 28.6. The predicted octanol–water partition coefficient (Wildman–Crippen LogP) is 1.87. The van der Waals surface area contributed by atoms with E-state index in [9.17, 15) is 9.59 Å². The summed E-state index contributed by atoms with van der Waals surface area (Å²) in [5.74, 6) is -0.0942. The minimum Gasteiger partial charge on any atom is -0.379 e. The maximum atomic E-state index is 10.9. The van der Waals surface area contributed by atoms with Gasteiger partial charge in [0.25, 0.3) is 0 Å². The Bertz CT molecular complexity index is 301. The Morgan fingerprint density at radius 3 is 1.50 bits per heavy atom. The van der Waals surface area contributed by atoms with Gasteiger partial charge in [-0.15, -0.1) is 0 Å². The van der Waals surface area contributed by atoms with Gasteiger partial charge in [-0.05, 0) is 0 Å². The number of hydrogen-bond acceptors (Lipinski definition) is 6. The highest BCUT2D eigenvalue weighted by molar-refractivity contribution is 5.75. The Morgan fingerprint density at radius 2 is 1.12 bits per heavy atom. The fourth-order valence-corrected chi connectivity index (χ4v) is 1.35. The van der Waals surface area contributed by atoms with Gasteiger partial charge in [0.1, 0.15) is 0 Å². The minimum absolute atomic E-state index is 0. The maximum Gasteiger partial charge on any atom is 0.222 e. The number of hydrogen-bond donors (Lipinski definition) is 2. The van der Waals surface area contributed by atoms with E-state index in [1.54, 1.807) is 7.05 Å². The van der Waals surface area contributed by atoms with Crippen molar-refractivity contribution in [3.05, 3.63) is 0 Å². The molecule has 0 fully saturated rings. The maximum absolute atomic E-state index is 10.9. The molecule has 0 aliphatic heterocycles. The molecule has 0 bridgehead atoms. The molecule has 26 heavy (non-hydrogen) atoms. The van der Waals surface area contributed by atoms with E-state index in [-0.39, 0.29) is 14.7 Å². The second-order valence-corrected chi connectivity index (χ2v) is 4.36. The average Bonchev–Trinajstić information content (AvgIpc) is 2.67. The van der Waals surface area contributed by atoms with Gasteiger partial charge in [0, 0.05) is 29.8 Å². The lowest BCUT2D eigenvalue weighted by atomic mass is 10.4. The van der Waals surface area contributed by atoms with E-state index in [0.717, 1.165) is 0 Å². The van der Waals surface area contributed by atoms with Crippen LogP contribution in [0.4, 0.5) is 0 Å². The molecule has 0 saturated carbocycles. The fraction of sp³-hybridized carbons (Fsp3) is 0.889. The van der Waals surface area contributed by atoms with Crippen molar-refractivity contribution in [3.63, 3.8) is 0 Å². The van der Waals surface area contributed by atoms with E-state index in [4.69, 9.17) is 18.9 Å². The van der Waals surface area contributed by atoms with Crippen LogP contribution in [-0.4, -0.2) is 78.3 Å². The molecule has 0 aromatic carbocycles. The lowest BCUT2D eigenvalue weighted by Crippen LogP contribution is -2.25. The Morgan fingerprint density at radius 1 is 0.731 bits per heavy atom. The zero-order chi connectivity index (χ0) is 20.5. The van der Waals surface area contributed by atoms with Crippen molar-refractivity contribution in [2.75, 3.05) is 66.4 Å². The number of ether oxygens (including phenoxy) is 4. The quantitative estimate of drug-likeness (QED) is 0.419. The molecule has 0 atom stereocenters. The molecule has 0 aromatic heterocycles. The molecule has 0 unspecified atom stereocenters. The predicted molar refractivity (Wildman–Crippen MR) is 108 cm³/mol. The van der Waals surface area contributed by atoms with Crippen LogP contribution in [0.25, 0.3) is 0 Å². The summed E-state index contributed by atoms with van der Waals surface area (Å²) < 4.78 is 21.1. The fourth-order valence-electron chi connectivity index (χ4n) is 1.35. The van der Waals surface area contributed by atoms with Crippen LogP contribution < -0.4 is 10.6 Å². The highest BCUT2D eigenvalue weighted by Gasteiger charge is 1.97. The number of amides is 2. The molecule has 0 rings (SSSR count). The van der Waals surface area contributed by atoms with E-state index < -0.39 is 0 Å². The molecule has 0 saturated heterocycles. The SMILES string of the molecule is CC.CC.CNC(=O)CCOCCOCCOCCOCCNC(C)=O.[HH].[HH]. The molecule has 0 aromatic rings. The van der Waals surface area contributed by atoms with Gasteiger partial charge in [-0.1, -0.05) is 27.7 Å². The molecule has 8 heteroatoms. The molecule has 0 radical (unpaired) electrons. The average molecular weight is 385 g/mol. The zero-order valence-electron chi connectivity index (χ0n) is 17.5. The first-order valence-electron chi connectivity index (χ1n) is 9.42. The summed E-state index contributed by atoms with van der Waals surface area (Å²) in [5, 5.41) is 5.16. The molecular formula is C18H44N2O6. The van der Waals surface area contributed by atoms with Crippen LogP contribution in [0.1, 0.15) is 43.9 Å². The third-order valence-electron chi connectivity index (χ3n) is 2.49. The van der Waals surface area contributed by atoms with Crippen LogP contribution >= 0.6 is 0 Å². The molecular weight excluding hydrogens is 340 g/mol. The molecule has 162 valence electrons. The van der Waals surface area contributed by atoms with Gasteiger partial charge in [0.15, 0.2) is 0 Å². The molecule has 0 heterocycles. The van der Waals surface area contributed by atoms with Crippen molar-refractivity contribution < 1.29 is 31.4 Å². The number of rotatable bonds is 15. The third-order valence-corrected chi connectivity index (χ3v) is 2.49. The second-order valence-electron chi connectivity index (χ2n) is 4.36. The van der Waals surface area contributed by atoms with Crippen molar-refractivity contribution in [2.45, 2.75) is 41.0 Å². The van der Waals surface area contributed by atoms with E-state index in [1.165, 1.54) is 6.92 Å². The smallest absolute Gasteiger partial charge is 0.222 e. The largest absolute Gasteiger partial charge is 0.379 e. The summed E-state index contributed by atoms with van der Waals surface area (Å²) in [4.78, 5) is 21.5. The lowest BCUT2D eigenvalue weighted by molar-refractivity contribution is -0.122. The summed E-state index contributed by atoms with van der Waals surface area (Å²) in [6.07, 6.45) is 0.363. The number of carbonyl (C=O) groups excluding carboxylic acids is 2. The molecule has 0 spiro atoms. The van der Waals surface area contributed by atoms with Crippen LogP contribution in [0.15, 0.2) is 0 Å². The molecule has 2 amide bonds. The van der Waals surface area contributed by atoms with Crippen molar-refractivity contribution in [2.24, 2.45) is 0 Å². The van der Waals surface area contributed by atoms with Crippen LogP contribution in [0.5, 0.6) is 0 Å². The first kappa shape index (κ1) is 29.5. The summed E-state index contributed by atoms with van der Waals surface area (Å²) in [7, 11) is 1.60. The van der Waals surface area contributed by atoms with Gasteiger partial charge >= 0.3 is 0 Å². The topological polar surface area (TPSA) is 95.1 Å². The molecule has 2 N–H and O–H groups in total. The molecule has 0 aliphatic carbocycles. The van der Waals surface area contributed by atoms with Crippen LogP contribution in [0.3, 0.4) is 0 Å². The van der Waals surface area contributed by atoms with Crippen molar-refractivity contribution in [3.8, 4) is 0 Å². The van der Waals surface area contributed by atoms with E-state index in [2.05, 4.69) is 10.6 Å². The van der Waals surface area contributed by atoms with E-state index >= 15 is 0 Å². The Labute approximate surface area is 162 Å². The molecule has 0 aliphatic rings. The molecule has 8 nitrogen and oxygen atoms in total. The highest BCUT2D eigenvalue weighted by Crippen LogP contribution is 1.85. The Balaban J connectivity index is -0.000000274. The summed E-state index contributed by atoms with van der Waals surface area (Å²) in [5.41, 5.74) is 0. The van der Waals surface area contributed by atoms with E-state index in [0.29, 0.717) is 65.8 Å². The first-order chi connectivity index (χ1) is 12.7. The summed E-state index contributed by atoms with van der Waals surface area (Å²) in [6.45, 7) is 13.8. The van der Waals surface area contributed by atoms with Crippen molar-refractivity contribution in [1.29, 1.82) is 0 Å². The highest BCUT2D eigenvalue weighted by atomic mass is 16.6. The number of nitrogens with one attached hydrogen (secondary N) is 2. The van der Waals surface area contributed by atoms with Crippen molar-refractivity contribution in [1.82, 2.24) is 10.6 Å². The third kappa shape index (κ3) is 30.6. The minimum atomic E-state index is -0.0605. The van der Waals surface area contributed by atoms with Gasteiger partial charge in [-0.2, -0.15) is 0 Å². The van der Waals surface area contributed by atoms with Crippen LogP contribution in [0.2, 0.25) is 0 Å². The van der Waals surface area contributed by atoms with Gasteiger partial charge in [-0.3, -0.25) is 9.59 Å². The van der Waals surface area contributed by atoms with Gasteiger partial charge < -0.3 is 29.6 Å². The van der Waals surface area contributed by atoms with Crippen LogP contribution in [0, 0.1) is 0 Å².